The predicted octanol–water partition coefficient (Wildman–Crippen LogP) is 3.32. The van der Waals surface area contributed by atoms with E-state index in [1.54, 1.807) is 0 Å². The van der Waals surface area contributed by atoms with Crippen LogP contribution in [0.2, 0.25) is 0 Å². The Balaban J connectivity index is 1.48. The first-order chi connectivity index (χ1) is 8.88. The molecule has 0 amide bonds. The van der Waals surface area contributed by atoms with Crippen LogP contribution in [0.5, 0.6) is 0 Å². The molecule has 0 unspecified atom stereocenters. The monoisotopic (exact) mass is 252 g/mol. The highest BCUT2D eigenvalue weighted by Crippen LogP contribution is 2.26. The number of nitrogens with one attached hydrogen (secondary N) is 2. The molecule has 106 valence electrons. The van der Waals surface area contributed by atoms with Gasteiger partial charge in [0.25, 0.3) is 0 Å². The molecule has 0 atom stereocenters. The second kappa shape index (κ2) is 8.16. The highest BCUT2D eigenvalue weighted by Gasteiger charge is 2.19. The van der Waals surface area contributed by atoms with Gasteiger partial charge in [-0.2, -0.15) is 0 Å². The lowest BCUT2D eigenvalue weighted by atomic mass is 9.85. The van der Waals surface area contributed by atoms with Gasteiger partial charge < -0.3 is 10.6 Å². The Kier molecular flexibility index (Phi) is 6.50. The lowest BCUT2D eigenvalue weighted by Gasteiger charge is -2.28. The van der Waals surface area contributed by atoms with Gasteiger partial charge in [0.2, 0.25) is 0 Å². The molecular formula is C16H32N2. The van der Waals surface area contributed by atoms with E-state index in [0.29, 0.717) is 0 Å². The summed E-state index contributed by atoms with van der Waals surface area (Å²) < 4.78 is 0. The van der Waals surface area contributed by atoms with Gasteiger partial charge in [0.1, 0.15) is 0 Å². The Morgan fingerprint density at radius 2 is 1.56 bits per heavy atom. The van der Waals surface area contributed by atoms with Gasteiger partial charge >= 0.3 is 0 Å². The van der Waals surface area contributed by atoms with E-state index in [0.717, 1.165) is 17.9 Å². The molecule has 0 aromatic rings. The fraction of sp³-hybridized carbons (Fsp3) is 1.00. The van der Waals surface area contributed by atoms with Crippen LogP contribution in [0, 0.1) is 11.8 Å². The standard InChI is InChI=1S/C16H32N2/c1-17-16-9-7-15(8-10-16)13-18-12-11-14-5-3-2-4-6-14/h14-18H,2-13H2,1H3. The van der Waals surface area contributed by atoms with Crippen molar-refractivity contribution < 1.29 is 0 Å². The van der Waals surface area contributed by atoms with E-state index in [2.05, 4.69) is 17.7 Å². The molecule has 2 rings (SSSR count). The first-order valence-corrected chi connectivity index (χ1v) is 8.26. The highest BCUT2D eigenvalue weighted by atomic mass is 14.9. The predicted molar refractivity (Wildman–Crippen MR) is 78.9 cm³/mol. The van der Waals surface area contributed by atoms with Gasteiger partial charge in [-0.25, -0.2) is 0 Å². The molecule has 2 nitrogen and oxygen atoms in total. The van der Waals surface area contributed by atoms with Crippen LogP contribution in [0.1, 0.15) is 64.2 Å². The van der Waals surface area contributed by atoms with Gasteiger partial charge in [0.15, 0.2) is 0 Å². The van der Waals surface area contributed by atoms with Crippen molar-refractivity contribution in [3.05, 3.63) is 0 Å². The van der Waals surface area contributed by atoms with Crippen molar-refractivity contribution in [1.29, 1.82) is 0 Å². The Morgan fingerprint density at radius 3 is 2.22 bits per heavy atom. The van der Waals surface area contributed by atoms with E-state index in [4.69, 9.17) is 0 Å². The third kappa shape index (κ3) is 4.89. The molecule has 2 heteroatoms. The Labute approximate surface area is 113 Å². The molecule has 0 aromatic carbocycles. The zero-order valence-electron chi connectivity index (χ0n) is 12.2. The van der Waals surface area contributed by atoms with E-state index in [1.165, 1.54) is 77.3 Å². The maximum Gasteiger partial charge on any atom is 0.00642 e. The summed E-state index contributed by atoms with van der Waals surface area (Å²) in [5.41, 5.74) is 0. The number of rotatable bonds is 6. The van der Waals surface area contributed by atoms with Crippen LogP contribution in [-0.2, 0) is 0 Å². The molecule has 2 fully saturated rings. The zero-order chi connectivity index (χ0) is 12.6. The van der Waals surface area contributed by atoms with Gasteiger partial charge in [-0.15, -0.1) is 0 Å². The minimum Gasteiger partial charge on any atom is -0.317 e. The normalized spacial score (nSPS) is 30.5. The quantitative estimate of drug-likeness (QED) is 0.709. The van der Waals surface area contributed by atoms with Gasteiger partial charge in [0, 0.05) is 6.04 Å². The average Bonchev–Trinajstić information content (AvgIpc) is 2.45. The van der Waals surface area contributed by atoms with E-state index in [1.807, 2.05) is 0 Å². The lowest BCUT2D eigenvalue weighted by Crippen LogP contribution is -2.34. The molecule has 0 heterocycles. The van der Waals surface area contributed by atoms with Crippen LogP contribution in [-0.4, -0.2) is 26.2 Å². The Hall–Kier alpha value is -0.0800. The molecule has 0 bridgehead atoms. The molecule has 18 heavy (non-hydrogen) atoms. The number of hydrogen-bond acceptors (Lipinski definition) is 2. The zero-order valence-corrected chi connectivity index (χ0v) is 12.2. The second-order valence-corrected chi connectivity index (χ2v) is 6.50. The van der Waals surface area contributed by atoms with Crippen LogP contribution in [0.4, 0.5) is 0 Å². The van der Waals surface area contributed by atoms with Crippen molar-refractivity contribution in [3.8, 4) is 0 Å². The van der Waals surface area contributed by atoms with Gasteiger partial charge in [-0.05, 0) is 64.1 Å². The molecule has 2 aliphatic rings. The summed E-state index contributed by atoms with van der Waals surface area (Å²) in [5, 5.41) is 7.13. The molecular weight excluding hydrogens is 220 g/mol. The minimum atomic E-state index is 0.795. The minimum absolute atomic E-state index is 0.795. The molecule has 0 saturated heterocycles. The molecule has 2 saturated carbocycles. The summed E-state index contributed by atoms with van der Waals surface area (Å²) in [6.07, 6.45) is 14.5. The van der Waals surface area contributed by atoms with Crippen molar-refractivity contribution in [2.75, 3.05) is 20.1 Å². The second-order valence-electron chi connectivity index (χ2n) is 6.50. The topological polar surface area (TPSA) is 24.1 Å². The molecule has 0 aromatic heterocycles. The summed E-state index contributed by atoms with van der Waals surface area (Å²) in [7, 11) is 2.10. The van der Waals surface area contributed by atoms with Crippen molar-refractivity contribution >= 4 is 0 Å². The Bertz CT molecular complexity index is 203. The van der Waals surface area contributed by atoms with Crippen LogP contribution < -0.4 is 10.6 Å². The van der Waals surface area contributed by atoms with E-state index in [9.17, 15) is 0 Å². The largest absolute Gasteiger partial charge is 0.317 e. The maximum absolute atomic E-state index is 3.71. The first-order valence-electron chi connectivity index (χ1n) is 8.26. The van der Waals surface area contributed by atoms with Crippen LogP contribution in [0.3, 0.4) is 0 Å². The lowest BCUT2D eigenvalue weighted by molar-refractivity contribution is 0.284. The summed E-state index contributed by atoms with van der Waals surface area (Å²) in [5.74, 6) is 1.98. The van der Waals surface area contributed by atoms with Crippen LogP contribution >= 0.6 is 0 Å². The maximum atomic E-state index is 3.71. The Morgan fingerprint density at radius 1 is 0.833 bits per heavy atom. The molecule has 2 aliphatic carbocycles. The molecule has 0 spiro atoms. The summed E-state index contributed by atoms with van der Waals surface area (Å²) in [6.45, 7) is 2.53. The van der Waals surface area contributed by atoms with Gasteiger partial charge in [-0.1, -0.05) is 32.1 Å². The fourth-order valence-corrected chi connectivity index (χ4v) is 3.74. The highest BCUT2D eigenvalue weighted by molar-refractivity contribution is 4.77. The molecule has 0 radical (unpaired) electrons. The summed E-state index contributed by atoms with van der Waals surface area (Å²) in [4.78, 5) is 0. The third-order valence-corrected chi connectivity index (χ3v) is 5.14. The smallest absolute Gasteiger partial charge is 0.00642 e. The van der Waals surface area contributed by atoms with Crippen molar-refractivity contribution in [2.24, 2.45) is 11.8 Å². The number of hydrogen-bond donors (Lipinski definition) is 2. The molecule has 2 N–H and O–H groups in total. The van der Waals surface area contributed by atoms with E-state index < -0.39 is 0 Å². The van der Waals surface area contributed by atoms with Gasteiger partial charge in [-0.3, -0.25) is 0 Å². The average molecular weight is 252 g/mol. The van der Waals surface area contributed by atoms with Crippen LogP contribution in [0.15, 0.2) is 0 Å². The SMILES string of the molecule is CNC1CCC(CNCCC2CCCCC2)CC1. The summed E-state index contributed by atoms with van der Waals surface area (Å²) in [6, 6.07) is 0.795. The van der Waals surface area contributed by atoms with Crippen molar-refractivity contribution in [3.63, 3.8) is 0 Å². The third-order valence-electron chi connectivity index (χ3n) is 5.14. The van der Waals surface area contributed by atoms with Crippen molar-refractivity contribution in [2.45, 2.75) is 70.3 Å². The first kappa shape index (κ1) is 14.3. The van der Waals surface area contributed by atoms with Gasteiger partial charge in [0.05, 0.1) is 0 Å². The fourth-order valence-electron chi connectivity index (χ4n) is 3.74. The van der Waals surface area contributed by atoms with E-state index >= 15 is 0 Å². The van der Waals surface area contributed by atoms with Crippen LogP contribution in [0.25, 0.3) is 0 Å². The summed E-state index contributed by atoms with van der Waals surface area (Å²) >= 11 is 0. The molecule has 0 aliphatic heterocycles. The van der Waals surface area contributed by atoms with E-state index in [-0.39, 0.29) is 0 Å². The van der Waals surface area contributed by atoms with Crippen molar-refractivity contribution in [1.82, 2.24) is 10.6 Å².